The molecule has 0 saturated heterocycles. The topological polar surface area (TPSA) is 34.2 Å². The normalized spacial score (nSPS) is 14.4. The van der Waals surface area contributed by atoms with Crippen molar-refractivity contribution in [1.82, 2.24) is 10.3 Å². The third-order valence-corrected chi connectivity index (χ3v) is 3.36. The quantitative estimate of drug-likeness (QED) is 0.762. The first-order valence-corrected chi connectivity index (χ1v) is 6.47. The van der Waals surface area contributed by atoms with Gasteiger partial charge in [0.2, 0.25) is 5.88 Å². The van der Waals surface area contributed by atoms with Gasteiger partial charge in [0.1, 0.15) is 0 Å². The van der Waals surface area contributed by atoms with Gasteiger partial charge >= 0.3 is 0 Å². The molecule has 0 aliphatic rings. The van der Waals surface area contributed by atoms with Crippen LogP contribution in [0.2, 0.25) is 0 Å². The Labute approximate surface area is 109 Å². The maximum absolute atomic E-state index is 5.83. The lowest BCUT2D eigenvalue weighted by molar-refractivity contribution is 0.325. The number of hydrogen-bond donors (Lipinski definition) is 1. The predicted octanol–water partition coefficient (Wildman–Crippen LogP) is 2.98. The number of alkyl halides is 1. The summed E-state index contributed by atoms with van der Waals surface area (Å²) in [4.78, 5) is 4.18. The van der Waals surface area contributed by atoms with E-state index in [-0.39, 0.29) is 5.54 Å². The Morgan fingerprint density at radius 2 is 2.29 bits per heavy atom. The van der Waals surface area contributed by atoms with E-state index in [4.69, 9.17) is 16.3 Å². The van der Waals surface area contributed by atoms with E-state index in [9.17, 15) is 0 Å². The lowest BCUT2D eigenvalue weighted by Gasteiger charge is -2.29. The average Bonchev–Trinajstić information content (AvgIpc) is 2.37. The third kappa shape index (κ3) is 4.17. The van der Waals surface area contributed by atoms with Crippen molar-refractivity contribution in [3.05, 3.63) is 23.9 Å². The molecule has 0 amide bonds. The Morgan fingerprint density at radius 3 is 2.88 bits per heavy atom. The molecule has 4 heteroatoms. The van der Waals surface area contributed by atoms with E-state index in [0.717, 1.165) is 24.9 Å². The van der Waals surface area contributed by atoms with Gasteiger partial charge in [-0.25, -0.2) is 4.98 Å². The van der Waals surface area contributed by atoms with Gasteiger partial charge < -0.3 is 10.1 Å². The largest absolute Gasteiger partial charge is 0.481 e. The van der Waals surface area contributed by atoms with Gasteiger partial charge in [0.25, 0.3) is 0 Å². The molecule has 0 spiro atoms. The van der Waals surface area contributed by atoms with Gasteiger partial charge in [-0.2, -0.15) is 0 Å². The maximum atomic E-state index is 5.83. The van der Waals surface area contributed by atoms with E-state index in [2.05, 4.69) is 24.1 Å². The van der Waals surface area contributed by atoms with Crippen LogP contribution in [0, 0.1) is 0 Å². The highest BCUT2D eigenvalue weighted by Crippen LogP contribution is 2.19. The number of rotatable bonds is 7. The van der Waals surface area contributed by atoms with Gasteiger partial charge in [0.15, 0.2) is 0 Å². The van der Waals surface area contributed by atoms with E-state index in [1.807, 2.05) is 12.1 Å². The standard InChI is InChI=1S/C13H21ClN2O/c1-4-13(2,7-8-14)16-10-11-6-5-9-15-12(11)17-3/h5-6,9,16H,4,7-8,10H2,1-3H3. The summed E-state index contributed by atoms with van der Waals surface area (Å²) in [5.74, 6) is 1.35. The number of nitrogens with zero attached hydrogens (tertiary/aromatic N) is 1. The van der Waals surface area contributed by atoms with Crippen LogP contribution in [0.15, 0.2) is 18.3 Å². The van der Waals surface area contributed by atoms with Crippen molar-refractivity contribution in [3.63, 3.8) is 0 Å². The molecular formula is C13H21ClN2O. The Bertz CT molecular complexity index is 346. The van der Waals surface area contributed by atoms with Crippen molar-refractivity contribution < 1.29 is 4.74 Å². The minimum absolute atomic E-state index is 0.0720. The first kappa shape index (κ1) is 14.3. The van der Waals surface area contributed by atoms with Crippen molar-refractivity contribution >= 4 is 11.6 Å². The summed E-state index contributed by atoms with van der Waals surface area (Å²) >= 11 is 5.83. The van der Waals surface area contributed by atoms with Crippen LogP contribution in [0.3, 0.4) is 0 Å². The second kappa shape index (κ2) is 6.82. The predicted molar refractivity (Wildman–Crippen MR) is 71.7 cm³/mol. The van der Waals surface area contributed by atoms with Crippen LogP contribution in [-0.4, -0.2) is 23.5 Å². The summed E-state index contributed by atoms with van der Waals surface area (Å²) in [6.45, 7) is 5.11. The number of aromatic nitrogens is 1. The minimum Gasteiger partial charge on any atom is -0.481 e. The fourth-order valence-electron chi connectivity index (χ4n) is 1.65. The lowest BCUT2D eigenvalue weighted by Crippen LogP contribution is -2.41. The van der Waals surface area contributed by atoms with E-state index in [1.165, 1.54) is 0 Å². The van der Waals surface area contributed by atoms with Crippen LogP contribution in [0.25, 0.3) is 0 Å². The third-order valence-electron chi connectivity index (χ3n) is 3.18. The lowest BCUT2D eigenvalue weighted by atomic mass is 9.95. The minimum atomic E-state index is 0.0720. The number of ether oxygens (including phenoxy) is 1. The van der Waals surface area contributed by atoms with Crippen LogP contribution < -0.4 is 10.1 Å². The molecule has 17 heavy (non-hydrogen) atoms. The van der Waals surface area contributed by atoms with E-state index < -0.39 is 0 Å². The van der Waals surface area contributed by atoms with Gasteiger partial charge in [-0.3, -0.25) is 0 Å². The molecule has 1 heterocycles. The number of nitrogens with one attached hydrogen (secondary N) is 1. The maximum Gasteiger partial charge on any atom is 0.217 e. The highest BCUT2D eigenvalue weighted by atomic mass is 35.5. The highest BCUT2D eigenvalue weighted by Gasteiger charge is 2.20. The number of pyridine rings is 1. The van der Waals surface area contributed by atoms with Gasteiger partial charge in [0.05, 0.1) is 7.11 Å². The van der Waals surface area contributed by atoms with Crippen LogP contribution >= 0.6 is 11.6 Å². The Hall–Kier alpha value is -0.800. The smallest absolute Gasteiger partial charge is 0.217 e. The fraction of sp³-hybridized carbons (Fsp3) is 0.615. The van der Waals surface area contributed by atoms with Crippen molar-refractivity contribution in [2.24, 2.45) is 0 Å². The fourth-order valence-corrected chi connectivity index (χ4v) is 2.07. The number of halogens is 1. The highest BCUT2D eigenvalue weighted by molar-refractivity contribution is 6.17. The SMILES string of the molecule is CCC(C)(CCCl)NCc1cccnc1OC. The molecular weight excluding hydrogens is 236 g/mol. The van der Waals surface area contributed by atoms with Crippen molar-refractivity contribution in [3.8, 4) is 5.88 Å². The van der Waals surface area contributed by atoms with Crippen LogP contribution in [-0.2, 0) is 6.54 Å². The van der Waals surface area contributed by atoms with E-state index in [0.29, 0.717) is 11.8 Å². The molecule has 0 aliphatic heterocycles. The molecule has 3 nitrogen and oxygen atoms in total. The van der Waals surface area contributed by atoms with Gasteiger partial charge in [-0.1, -0.05) is 13.0 Å². The molecule has 1 atom stereocenters. The van der Waals surface area contributed by atoms with E-state index >= 15 is 0 Å². The first-order valence-electron chi connectivity index (χ1n) is 5.94. The zero-order valence-electron chi connectivity index (χ0n) is 10.8. The van der Waals surface area contributed by atoms with Gasteiger partial charge in [-0.15, -0.1) is 11.6 Å². The second-order valence-electron chi connectivity index (χ2n) is 4.38. The monoisotopic (exact) mass is 256 g/mol. The molecule has 0 aliphatic carbocycles. The van der Waals surface area contributed by atoms with Crippen LogP contribution in [0.5, 0.6) is 5.88 Å². The first-order chi connectivity index (χ1) is 8.15. The molecule has 0 fully saturated rings. The molecule has 1 aromatic heterocycles. The Kier molecular flexibility index (Phi) is 5.72. The van der Waals surface area contributed by atoms with Crippen molar-refractivity contribution in [2.45, 2.75) is 38.8 Å². The van der Waals surface area contributed by atoms with Gasteiger partial charge in [-0.05, 0) is 25.8 Å². The zero-order chi connectivity index (χ0) is 12.7. The van der Waals surface area contributed by atoms with Gasteiger partial charge in [0, 0.05) is 29.7 Å². The summed E-state index contributed by atoms with van der Waals surface area (Å²) < 4.78 is 5.23. The second-order valence-corrected chi connectivity index (χ2v) is 4.76. The Balaban J connectivity index is 2.65. The number of hydrogen-bond acceptors (Lipinski definition) is 3. The molecule has 0 saturated carbocycles. The summed E-state index contributed by atoms with van der Waals surface area (Å²) in [5.41, 5.74) is 1.15. The molecule has 1 N–H and O–H groups in total. The van der Waals surface area contributed by atoms with Crippen molar-refractivity contribution in [2.75, 3.05) is 13.0 Å². The zero-order valence-corrected chi connectivity index (χ0v) is 11.5. The molecule has 96 valence electrons. The summed E-state index contributed by atoms with van der Waals surface area (Å²) in [6, 6.07) is 3.94. The molecule has 0 radical (unpaired) electrons. The molecule has 1 rings (SSSR count). The molecule has 1 aromatic rings. The molecule has 0 aromatic carbocycles. The van der Waals surface area contributed by atoms with Crippen LogP contribution in [0.4, 0.5) is 0 Å². The molecule has 0 bridgehead atoms. The van der Waals surface area contributed by atoms with E-state index in [1.54, 1.807) is 13.3 Å². The average molecular weight is 257 g/mol. The molecule has 1 unspecified atom stereocenters. The number of methoxy groups -OCH3 is 1. The summed E-state index contributed by atoms with van der Waals surface area (Å²) in [7, 11) is 1.64. The Morgan fingerprint density at radius 1 is 1.53 bits per heavy atom. The summed E-state index contributed by atoms with van der Waals surface area (Å²) in [5, 5.41) is 3.53. The van der Waals surface area contributed by atoms with Crippen LogP contribution in [0.1, 0.15) is 32.3 Å². The summed E-state index contributed by atoms with van der Waals surface area (Å²) in [6.07, 6.45) is 3.73. The van der Waals surface area contributed by atoms with Crippen molar-refractivity contribution in [1.29, 1.82) is 0 Å².